The average Bonchev–Trinajstić information content (AvgIpc) is 2.70. The Hall–Kier alpha value is -0.810. The van der Waals surface area contributed by atoms with Gasteiger partial charge < -0.3 is 15.2 Å². The van der Waals surface area contributed by atoms with Crippen molar-refractivity contribution in [2.75, 3.05) is 13.1 Å². The van der Waals surface area contributed by atoms with Gasteiger partial charge in [0.1, 0.15) is 5.69 Å². The molecule has 0 aromatic carbocycles. The minimum atomic E-state index is 0.0875. The molecule has 18 heavy (non-hydrogen) atoms. The maximum atomic E-state index is 12.5. The third kappa shape index (κ3) is 2.78. The monoisotopic (exact) mass is 313 g/mol. The van der Waals surface area contributed by atoms with Crippen LogP contribution in [0.3, 0.4) is 0 Å². The number of hydrogen-bond acceptors (Lipinski definition) is 2. The Labute approximate surface area is 116 Å². The molecule has 0 spiro atoms. The molecular weight excluding hydrogens is 294 g/mol. The minimum Gasteiger partial charge on any atom is -0.340 e. The number of piperidine rings is 1. The second-order valence-electron chi connectivity index (χ2n) is 5.20. The summed E-state index contributed by atoms with van der Waals surface area (Å²) in [6, 6.07) is 2.28. The first-order valence-corrected chi connectivity index (χ1v) is 7.20. The molecule has 1 saturated heterocycles. The topological polar surface area (TPSA) is 51.3 Å². The maximum absolute atomic E-state index is 12.5. The predicted molar refractivity (Wildman–Crippen MR) is 75.6 cm³/mol. The van der Waals surface area contributed by atoms with Crippen molar-refractivity contribution in [2.45, 2.75) is 38.8 Å². The highest BCUT2D eigenvalue weighted by Crippen LogP contribution is 2.22. The van der Waals surface area contributed by atoms with E-state index < -0.39 is 0 Å². The van der Waals surface area contributed by atoms with Crippen molar-refractivity contribution in [1.82, 2.24) is 9.47 Å². The van der Waals surface area contributed by atoms with Crippen molar-refractivity contribution in [1.29, 1.82) is 0 Å². The lowest BCUT2D eigenvalue weighted by atomic mass is 10.1. The third-order valence-corrected chi connectivity index (χ3v) is 3.77. The summed E-state index contributed by atoms with van der Waals surface area (Å²) in [7, 11) is 0. The predicted octanol–water partition coefficient (Wildman–Crippen LogP) is 2.39. The number of carbonyl (C=O) groups is 1. The summed E-state index contributed by atoms with van der Waals surface area (Å²) < 4.78 is 2.95. The minimum absolute atomic E-state index is 0.0875. The van der Waals surface area contributed by atoms with E-state index in [1.807, 2.05) is 21.7 Å². The molecule has 1 aliphatic rings. The number of amides is 1. The molecule has 0 unspecified atom stereocenters. The standard InChI is InChI=1S/C13H20BrN3O/c1-9(2)17-7-10(14)6-12(17)13(18)16-5-3-4-11(15)8-16/h6-7,9,11H,3-5,8,15H2,1-2H3/t11-/m1/s1. The highest BCUT2D eigenvalue weighted by molar-refractivity contribution is 9.10. The average molecular weight is 314 g/mol. The van der Waals surface area contributed by atoms with E-state index in [4.69, 9.17) is 5.73 Å². The van der Waals surface area contributed by atoms with Crippen molar-refractivity contribution in [2.24, 2.45) is 5.73 Å². The van der Waals surface area contributed by atoms with Crippen molar-refractivity contribution in [3.05, 3.63) is 22.4 Å². The number of nitrogens with two attached hydrogens (primary N) is 1. The van der Waals surface area contributed by atoms with Gasteiger partial charge >= 0.3 is 0 Å². The van der Waals surface area contributed by atoms with Crippen molar-refractivity contribution in [3.63, 3.8) is 0 Å². The van der Waals surface area contributed by atoms with Crippen LogP contribution in [-0.2, 0) is 0 Å². The molecule has 100 valence electrons. The number of rotatable bonds is 2. The van der Waals surface area contributed by atoms with E-state index in [9.17, 15) is 4.79 Å². The fourth-order valence-electron chi connectivity index (χ4n) is 2.40. The summed E-state index contributed by atoms with van der Waals surface area (Å²) in [4.78, 5) is 14.4. The molecule has 2 rings (SSSR count). The molecule has 0 aliphatic carbocycles. The zero-order valence-electron chi connectivity index (χ0n) is 10.9. The Morgan fingerprint density at radius 1 is 1.56 bits per heavy atom. The highest BCUT2D eigenvalue weighted by atomic mass is 79.9. The van der Waals surface area contributed by atoms with Crippen molar-refractivity contribution < 1.29 is 4.79 Å². The van der Waals surface area contributed by atoms with Crippen LogP contribution in [0.4, 0.5) is 0 Å². The Morgan fingerprint density at radius 2 is 2.28 bits per heavy atom. The molecule has 1 aliphatic heterocycles. The number of carbonyl (C=O) groups excluding carboxylic acids is 1. The Bertz CT molecular complexity index is 441. The fourth-order valence-corrected chi connectivity index (χ4v) is 2.84. The van der Waals surface area contributed by atoms with Crippen LogP contribution in [0.2, 0.25) is 0 Å². The Kier molecular flexibility index (Phi) is 4.12. The highest BCUT2D eigenvalue weighted by Gasteiger charge is 2.25. The fraction of sp³-hybridized carbons (Fsp3) is 0.615. The molecule has 0 bridgehead atoms. The lowest BCUT2D eigenvalue weighted by Crippen LogP contribution is -2.46. The summed E-state index contributed by atoms with van der Waals surface area (Å²) in [6.45, 7) is 5.63. The molecule has 0 saturated carbocycles. The van der Waals surface area contributed by atoms with E-state index in [1.165, 1.54) is 0 Å². The van der Waals surface area contributed by atoms with E-state index in [0.29, 0.717) is 6.54 Å². The van der Waals surface area contributed by atoms with Gasteiger partial charge in [-0.1, -0.05) is 0 Å². The zero-order valence-corrected chi connectivity index (χ0v) is 12.5. The van der Waals surface area contributed by atoms with Gasteiger partial charge in [-0.05, 0) is 48.7 Å². The molecule has 1 fully saturated rings. The van der Waals surface area contributed by atoms with Gasteiger partial charge in [-0.15, -0.1) is 0 Å². The largest absolute Gasteiger partial charge is 0.340 e. The van der Waals surface area contributed by atoms with Gasteiger partial charge in [0.2, 0.25) is 0 Å². The SMILES string of the molecule is CC(C)n1cc(Br)cc1C(=O)N1CCC[C@@H](N)C1. The first-order chi connectivity index (χ1) is 8.49. The summed E-state index contributed by atoms with van der Waals surface area (Å²) in [5.74, 6) is 0.0875. The van der Waals surface area contributed by atoms with Gasteiger partial charge in [0.05, 0.1) is 0 Å². The summed E-state index contributed by atoms with van der Waals surface area (Å²) in [6.07, 6.45) is 3.97. The van der Waals surface area contributed by atoms with Crippen LogP contribution in [-0.4, -0.2) is 34.5 Å². The lowest BCUT2D eigenvalue weighted by molar-refractivity contribution is 0.0696. The molecule has 0 radical (unpaired) electrons. The summed E-state index contributed by atoms with van der Waals surface area (Å²) >= 11 is 3.44. The summed E-state index contributed by atoms with van der Waals surface area (Å²) in [5.41, 5.74) is 6.68. The summed E-state index contributed by atoms with van der Waals surface area (Å²) in [5, 5.41) is 0. The lowest BCUT2D eigenvalue weighted by Gasteiger charge is -2.31. The molecule has 2 N–H and O–H groups in total. The van der Waals surface area contributed by atoms with Crippen LogP contribution in [0.15, 0.2) is 16.7 Å². The second-order valence-corrected chi connectivity index (χ2v) is 6.11. The van der Waals surface area contributed by atoms with Crippen LogP contribution in [0.5, 0.6) is 0 Å². The first-order valence-electron chi connectivity index (χ1n) is 6.41. The molecule has 4 nitrogen and oxygen atoms in total. The van der Waals surface area contributed by atoms with Crippen molar-refractivity contribution in [3.8, 4) is 0 Å². The van der Waals surface area contributed by atoms with Crippen LogP contribution >= 0.6 is 15.9 Å². The van der Waals surface area contributed by atoms with Gasteiger partial charge in [0.25, 0.3) is 5.91 Å². The van der Waals surface area contributed by atoms with E-state index in [2.05, 4.69) is 29.8 Å². The van der Waals surface area contributed by atoms with Gasteiger partial charge in [-0.2, -0.15) is 0 Å². The molecular formula is C13H20BrN3O. The van der Waals surface area contributed by atoms with E-state index in [0.717, 1.165) is 29.6 Å². The van der Waals surface area contributed by atoms with Gasteiger partial charge in [0.15, 0.2) is 0 Å². The van der Waals surface area contributed by atoms with Crippen molar-refractivity contribution >= 4 is 21.8 Å². The Balaban J connectivity index is 2.22. The van der Waals surface area contributed by atoms with E-state index >= 15 is 0 Å². The number of aromatic nitrogens is 1. The van der Waals surface area contributed by atoms with Crippen LogP contribution in [0.1, 0.15) is 43.2 Å². The normalized spacial score (nSPS) is 20.5. The zero-order chi connectivity index (χ0) is 13.3. The molecule has 1 amide bonds. The van der Waals surface area contributed by atoms with Crippen LogP contribution < -0.4 is 5.73 Å². The molecule has 1 atom stereocenters. The maximum Gasteiger partial charge on any atom is 0.270 e. The number of likely N-dealkylation sites (tertiary alicyclic amines) is 1. The molecule has 1 aromatic heterocycles. The first kappa shape index (κ1) is 13.6. The van der Waals surface area contributed by atoms with Gasteiger partial charge in [0, 0.05) is 35.8 Å². The van der Waals surface area contributed by atoms with Crippen LogP contribution in [0, 0.1) is 0 Å². The van der Waals surface area contributed by atoms with E-state index in [1.54, 1.807) is 0 Å². The quantitative estimate of drug-likeness (QED) is 0.911. The van der Waals surface area contributed by atoms with Gasteiger partial charge in [-0.3, -0.25) is 4.79 Å². The number of halogens is 1. The molecule has 5 heteroatoms. The molecule has 2 heterocycles. The molecule has 1 aromatic rings. The van der Waals surface area contributed by atoms with Crippen LogP contribution in [0.25, 0.3) is 0 Å². The van der Waals surface area contributed by atoms with E-state index in [-0.39, 0.29) is 18.0 Å². The number of hydrogen-bond donors (Lipinski definition) is 1. The smallest absolute Gasteiger partial charge is 0.270 e. The Morgan fingerprint density at radius 3 is 2.89 bits per heavy atom. The van der Waals surface area contributed by atoms with Gasteiger partial charge in [-0.25, -0.2) is 0 Å². The third-order valence-electron chi connectivity index (χ3n) is 3.34. The number of nitrogens with zero attached hydrogens (tertiary/aromatic N) is 2. The second kappa shape index (κ2) is 5.45.